The number of aliphatic imine (C=N–C) groups is 1. The quantitative estimate of drug-likeness (QED) is 0.575. The molecule has 1 saturated heterocycles. The van der Waals surface area contributed by atoms with Crippen molar-refractivity contribution in [1.82, 2.24) is 5.32 Å². The summed E-state index contributed by atoms with van der Waals surface area (Å²) in [5, 5.41) is 2.75. The van der Waals surface area contributed by atoms with E-state index in [-0.39, 0.29) is 0 Å². The molecular weight excluding hydrogens is 416 g/mol. The Morgan fingerprint density at radius 1 is 1.11 bits per heavy atom. The number of nitrogens with one attached hydrogen (secondary N) is 1. The van der Waals surface area contributed by atoms with Gasteiger partial charge in [-0.3, -0.25) is 19.4 Å². The van der Waals surface area contributed by atoms with Crippen LogP contribution in [0.5, 0.6) is 0 Å². The SMILES string of the molecule is COC(=O)C(C(=O)OC)C1C(=O)NC(=NC(C)(C)C)C1c1ccc(Br)cc1. The Balaban J connectivity index is 2.63. The van der Waals surface area contributed by atoms with Crippen molar-refractivity contribution in [2.24, 2.45) is 16.8 Å². The third-order valence-electron chi connectivity index (χ3n) is 4.16. The number of benzene rings is 1. The summed E-state index contributed by atoms with van der Waals surface area (Å²) < 4.78 is 10.4. The van der Waals surface area contributed by atoms with Crippen LogP contribution in [0.25, 0.3) is 0 Å². The Labute approximate surface area is 166 Å². The Bertz CT molecular complexity index is 751. The zero-order valence-corrected chi connectivity index (χ0v) is 17.5. The topological polar surface area (TPSA) is 94.1 Å². The van der Waals surface area contributed by atoms with Crippen LogP contribution in [0.3, 0.4) is 0 Å². The summed E-state index contributed by atoms with van der Waals surface area (Å²) in [6.45, 7) is 5.70. The normalized spacial score (nSPS) is 21.3. The molecule has 1 N–H and O–H groups in total. The molecule has 7 nitrogen and oxygen atoms in total. The van der Waals surface area contributed by atoms with E-state index in [1.807, 2.05) is 45.0 Å². The number of hydrogen-bond acceptors (Lipinski definition) is 6. The largest absolute Gasteiger partial charge is 0.468 e. The molecule has 0 saturated carbocycles. The number of hydrogen-bond donors (Lipinski definition) is 1. The summed E-state index contributed by atoms with van der Waals surface area (Å²) in [6, 6.07) is 7.31. The van der Waals surface area contributed by atoms with E-state index < -0.39 is 41.1 Å². The van der Waals surface area contributed by atoms with Crippen LogP contribution in [-0.2, 0) is 23.9 Å². The standard InChI is InChI=1S/C19H23BrN2O5/c1-19(2,3)22-15-12(10-6-8-11(20)9-7-10)13(16(23)21-15)14(17(24)26-4)18(25)27-5/h6-9,12-14H,1-5H3,(H,21,22,23). The lowest BCUT2D eigenvalue weighted by atomic mass is 9.79. The minimum Gasteiger partial charge on any atom is -0.468 e. The van der Waals surface area contributed by atoms with Crippen molar-refractivity contribution in [3.63, 3.8) is 0 Å². The molecular formula is C19H23BrN2O5. The van der Waals surface area contributed by atoms with Crippen LogP contribution in [0, 0.1) is 11.8 Å². The molecule has 1 aliphatic rings. The molecule has 1 aromatic rings. The molecule has 2 unspecified atom stereocenters. The van der Waals surface area contributed by atoms with E-state index in [9.17, 15) is 14.4 Å². The highest BCUT2D eigenvalue weighted by Gasteiger charge is 2.52. The number of amidine groups is 1. The monoisotopic (exact) mass is 438 g/mol. The summed E-state index contributed by atoms with van der Waals surface area (Å²) in [4.78, 5) is 42.0. The molecule has 1 aromatic carbocycles. The fourth-order valence-electron chi connectivity index (χ4n) is 3.09. The van der Waals surface area contributed by atoms with Gasteiger partial charge in [0.05, 0.1) is 31.6 Å². The van der Waals surface area contributed by atoms with Crippen molar-refractivity contribution in [1.29, 1.82) is 0 Å². The smallest absolute Gasteiger partial charge is 0.320 e. The van der Waals surface area contributed by atoms with E-state index in [0.717, 1.165) is 10.0 Å². The predicted octanol–water partition coefficient (Wildman–Crippen LogP) is 2.44. The number of carbonyl (C=O) groups is 3. The third kappa shape index (κ3) is 4.74. The van der Waals surface area contributed by atoms with Gasteiger partial charge in [-0.05, 0) is 38.5 Å². The van der Waals surface area contributed by atoms with E-state index >= 15 is 0 Å². The lowest BCUT2D eigenvalue weighted by Gasteiger charge is -2.24. The van der Waals surface area contributed by atoms with E-state index in [2.05, 4.69) is 26.2 Å². The van der Waals surface area contributed by atoms with Crippen LogP contribution < -0.4 is 5.32 Å². The second-order valence-electron chi connectivity index (χ2n) is 7.24. The van der Waals surface area contributed by atoms with Crippen LogP contribution >= 0.6 is 15.9 Å². The average molecular weight is 439 g/mol. The highest BCUT2D eigenvalue weighted by molar-refractivity contribution is 9.10. The maximum Gasteiger partial charge on any atom is 0.320 e. The zero-order valence-electron chi connectivity index (χ0n) is 15.9. The first-order valence-electron chi connectivity index (χ1n) is 8.40. The highest BCUT2D eigenvalue weighted by atomic mass is 79.9. The van der Waals surface area contributed by atoms with Crippen molar-refractivity contribution in [3.05, 3.63) is 34.3 Å². The van der Waals surface area contributed by atoms with Gasteiger partial charge < -0.3 is 14.8 Å². The Morgan fingerprint density at radius 2 is 1.63 bits per heavy atom. The molecule has 2 rings (SSSR count). The van der Waals surface area contributed by atoms with Gasteiger partial charge >= 0.3 is 11.9 Å². The molecule has 1 fully saturated rings. The molecule has 8 heteroatoms. The van der Waals surface area contributed by atoms with Crippen LogP contribution in [0.4, 0.5) is 0 Å². The molecule has 0 bridgehead atoms. The Morgan fingerprint density at radius 3 is 2.07 bits per heavy atom. The molecule has 2 atom stereocenters. The molecule has 146 valence electrons. The molecule has 0 aromatic heterocycles. The minimum atomic E-state index is -1.39. The number of carbonyl (C=O) groups excluding carboxylic acids is 3. The molecule has 0 spiro atoms. The Hall–Kier alpha value is -2.22. The highest BCUT2D eigenvalue weighted by Crippen LogP contribution is 2.38. The van der Waals surface area contributed by atoms with E-state index in [1.165, 1.54) is 14.2 Å². The first-order valence-corrected chi connectivity index (χ1v) is 9.20. The van der Waals surface area contributed by atoms with Gasteiger partial charge in [-0.2, -0.15) is 0 Å². The van der Waals surface area contributed by atoms with Crippen molar-refractivity contribution in [2.45, 2.75) is 32.2 Å². The average Bonchev–Trinajstić information content (AvgIpc) is 2.89. The number of nitrogens with zero attached hydrogens (tertiary/aromatic N) is 1. The first kappa shape index (κ1) is 21.1. The predicted molar refractivity (Wildman–Crippen MR) is 103 cm³/mol. The maximum absolute atomic E-state index is 12.8. The zero-order chi connectivity index (χ0) is 20.4. The number of methoxy groups -OCH3 is 2. The van der Waals surface area contributed by atoms with Gasteiger partial charge in [0.25, 0.3) is 0 Å². The number of halogens is 1. The molecule has 0 aliphatic carbocycles. The third-order valence-corrected chi connectivity index (χ3v) is 4.69. The van der Waals surface area contributed by atoms with E-state index in [1.54, 1.807) is 0 Å². The summed E-state index contributed by atoms with van der Waals surface area (Å²) in [7, 11) is 2.34. The van der Waals surface area contributed by atoms with Crippen molar-refractivity contribution in [2.75, 3.05) is 14.2 Å². The summed E-state index contributed by atoms with van der Waals surface area (Å²) in [6.07, 6.45) is 0. The molecule has 1 amide bonds. The molecule has 1 aliphatic heterocycles. The van der Waals surface area contributed by atoms with Crippen LogP contribution in [0.15, 0.2) is 33.7 Å². The van der Waals surface area contributed by atoms with E-state index in [0.29, 0.717) is 5.84 Å². The fourth-order valence-corrected chi connectivity index (χ4v) is 3.35. The van der Waals surface area contributed by atoms with Crippen molar-refractivity contribution in [3.8, 4) is 0 Å². The van der Waals surface area contributed by atoms with Gasteiger partial charge in [-0.15, -0.1) is 0 Å². The van der Waals surface area contributed by atoms with Crippen LogP contribution in [-0.4, -0.2) is 43.4 Å². The fraction of sp³-hybridized carbons (Fsp3) is 0.474. The van der Waals surface area contributed by atoms with Gasteiger partial charge in [0.15, 0.2) is 5.92 Å². The second-order valence-corrected chi connectivity index (χ2v) is 8.15. The van der Waals surface area contributed by atoms with Gasteiger partial charge in [-0.1, -0.05) is 28.1 Å². The summed E-state index contributed by atoms with van der Waals surface area (Å²) in [5.74, 6) is -4.70. The van der Waals surface area contributed by atoms with E-state index in [4.69, 9.17) is 9.47 Å². The van der Waals surface area contributed by atoms with Gasteiger partial charge in [0.2, 0.25) is 5.91 Å². The number of rotatable bonds is 4. The van der Waals surface area contributed by atoms with Crippen molar-refractivity contribution >= 4 is 39.6 Å². The van der Waals surface area contributed by atoms with Crippen molar-refractivity contribution < 1.29 is 23.9 Å². The van der Waals surface area contributed by atoms with Gasteiger partial charge in [0.1, 0.15) is 5.84 Å². The van der Waals surface area contributed by atoms with Gasteiger partial charge in [-0.25, -0.2) is 0 Å². The maximum atomic E-state index is 12.8. The molecule has 0 radical (unpaired) electrons. The summed E-state index contributed by atoms with van der Waals surface area (Å²) >= 11 is 3.38. The number of esters is 2. The molecule has 1 heterocycles. The van der Waals surface area contributed by atoms with Crippen LogP contribution in [0.1, 0.15) is 32.3 Å². The van der Waals surface area contributed by atoms with Crippen LogP contribution in [0.2, 0.25) is 0 Å². The number of amides is 1. The molecule has 27 heavy (non-hydrogen) atoms. The Kier molecular flexibility index (Phi) is 6.41. The van der Waals surface area contributed by atoms with Gasteiger partial charge in [0, 0.05) is 4.47 Å². The number of ether oxygens (including phenoxy) is 2. The lowest BCUT2D eigenvalue weighted by Crippen LogP contribution is -2.39. The second kappa shape index (κ2) is 8.21. The minimum absolute atomic E-state index is 0.414. The first-order chi connectivity index (χ1) is 12.6. The summed E-state index contributed by atoms with van der Waals surface area (Å²) in [5.41, 5.74) is 0.291. The lowest BCUT2D eigenvalue weighted by molar-refractivity contribution is -0.163.